The van der Waals surface area contributed by atoms with Gasteiger partial charge < -0.3 is 9.63 Å². The number of aromatic carboxylic acids is 1. The van der Waals surface area contributed by atoms with E-state index in [1.54, 1.807) is 0 Å². The van der Waals surface area contributed by atoms with Crippen molar-refractivity contribution in [2.75, 3.05) is 6.26 Å². The van der Waals surface area contributed by atoms with Crippen LogP contribution < -0.4 is 4.72 Å². The van der Waals surface area contributed by atoms with Crippen LogP contribution in [0.3, 0.4) is 0 Å². The minimum Gasteiger partial charge on any atom is -0.478 e. The molecular weight excluding hydrogens is 485 g/mol. The summed E-state index contributed by atoms with van der Waals surface area (Å²) in [5.74, 6) is -0.913. The van der Waals surface area contributed by atoms with Gasteiger partial charge in [-0.05, 0) is 66.1 Å². The molecule has 2 aromatic carbocycles. The van der Waals surface area contributed by atoms with Crippen LogP contribution in [0, 0.1) is 11.7 Å². The van der Waals surface area contributed by atoms with E-state index in [1.807, 2.05) is 18.2 Å². The Kier molecular flexibility index (Phi) is 7.85. The molecule has 1 heterocycles. The molecule has 192 valence electrons. The number of halogens is 1. The number of carboxylic acids is 1. The van der Waals surface area contributed by atoms with E-state index in [9.17, 15) is 17.6 Å². The highest BCUT2D eigenvalue weighted by Crippen LogP contribution is 2.36. The third-order valence-electron chi connectivity index (χ3n) is 6.75. The Morgan fingerprint density at radius 1 is 1.11 bits per heavy atom. The molecule has 0 bridgehead atoms. The molecule has 0 amide bonds. The Balaban J connectivity index is 1.65. The molecule has 2 atom stereocenters. The van der Waals surface area contributed by atoms with Gasteiger partial charge in [-0.25, -0.2) is 22.3 Å². The summed E-state index contributed by atoms with van der Waals surface area (Å²) in [7, 11) is -3.39. The minimum absolute atomic E-state index is 0.120. The van der Waals surface area contributed by atoms with Crippen LogP contribution in [-0.4, -0.2) is 35.9 Å². The van der Waals surface area contributed by atoms with Gasteiger partial charge in [-0.15, -0.1) is 0 Å². The predicted octanol–water partition coefficient (Wildman–Crippen LogP) is 5.36. The van der Waals surface area contributed by atoms with Crippen molar-refractivity contribution in [3.05, 3.63) is 58.9 Å². The maximum Gasteiger partial charge on any atom is 0.338 e. The van der Waals surface area contributed by atoms with Crippen molar-refractivity contribution in [3.8, 4) is 22.8 Å². The van der Waals surface area contributed by atoms with Crippen molar-refractivity contribution in [1.82, 2.24) is 14.9 Å². The molecule has 1 aromatic heterocycles. The molecule has 1 fully saturated rings. The van der Waals surface area contributed by atoms with E-state index in [0.717, 1.165) is 55.2 Å². The first kappa shape index (κ1) is 26.0. The molecule has 8 nitrogen and oxygen atoms in total. The fourth-order valence-electron chi connectivity index (χ4n) is 4.75. The molecule has 1 aliphatic carbocycles. The van der Waals surface area contributed by atoms with E-state index in [1.165, 1.54) is 18.9 Å². The smallest absolute Gasteiger partial charge is 0.338 e. The second-order valence-corrected chi connectivity index (χ2v) is 11.4. The normalized spacial score (nSPS) is 19.0. The molecular formula is C26H30FN3O5S. The molecule has 36 heavy (non-hydrogen) atoms. The van der Waals surface area contributed by atoms with E-state index in [-0.39, 0.29) is 23.8 Å². The molecule has 2 N–H and O–H groups in total. The third-order valence-corrected chi connectivity index (χ3v) is 7.41. The first-order valence-electron chi connectivity index (χ1n) is 12.1. The highest BCUT2D eigenvalue weighted by atomic mass is 32.2. The summed E-state index contributed by atoms with van der Waals surface area (Å²) < 4.78 is 45.8. The molecule has 0 aliphatic heterocycles. The molecule has 10 heteroatoms. The molecule has 3 aromatic rings. The van der Waals surface area contributed by atoms with Gasteiger partial charge in [0.2, 0.25) is 15.8 Å². The monoisotopic (exact) mass is 515 g/mol. The van der Waals surface area contributed by atoms with Gasteiger partial charge in [0.25, 0.3) is 5.89 Å². The number of carboxylic acid groups (broad SMARTS) is 1. The molecule has 4 rings (SSSR count). The topological polar surface area (TPSA) is 122 Å². The Hall–Kier alpha value is -3.11. The first-order valence-corrected chi connectivity index (χ1v) is 13.9. The van der Waals surface area contributed by atoms with Crippen LogP contribution in [0.15, 0.2) is 40.9 Å². The van der Waals surface area contributed by atoms with Gasteiger partial charge in [-0.3, -0.25) is 0 Å². The van der Waals surface area contributed by atoms with Crippen LogP contribution >= 0.6 is 0 Å². The Morgan fingerprint density at radius 3 is 2.58 bits per heavy atom. The van der Waals surface area contributed by atoms with Crippen LogP contribution in [0.5, 0.6) is 0 Å². The summed E-state index contributed by atoms with van der Waals surface area (Å²) in [6.07, 6.45) is 7.96. The van der Waals surface area contributed by atoms with Crippen molar-refractivity contribution < 1.29 is 27.2 Å². The largest absolute Gasteiger partial charge is 0.478 e. The van der Waals surface area contributed by atoms with Gasteiger partial charge in [0, 0.05) is 17.7 Å². The molecule has 1 aliphatic rings. The van der Waals surface area contributed by atoms with Crippen LogP contribution in [0.1, 0.15) is 72.9 Å². The lowest BCUT2D eigenvalue weighted by Gasteiger charge is -2.25. The molecule has 2 unspecified atom stereocenters. The summed E-state index contributed by atoms with van der Waals surface area (Å²) in [4.78, 5) is 15.4. The molecule has 1 saturated carbocycles. The third kappa shape index (κ3) is 6.36. The van der Waals surface area contributed by atoms with Gasteiger partial charge in [-0.1, -0.05) is 43.8 Å². The summed E-state index contributed by atoms with van der Waals surface area (Å²) in [5, 5.41) is 13.0. The Morgan fingerprint density at radius 2 is 1.86 bits per heavy atom. The predicted molar refractivity (Wildman–Crippen MR) is 133 cm³/mol. The lowest BCUT2D eigenvalue weighted by Crippen LogP contribution is -2.22. The maximum atomic E-state index is 14.1. The maximum absolute atomic E-state index is 14.1. The van der Waals surface area contributed by atoms with E-state index in [4.69, 9.17) is 9.63 Å². The van der Waals surface area contributed by atoms with Crippen LogP contribution in [0.25, 0.3) is 22.8 Å². The quantitative estimate of drug-likeness (QED) is 0.434. The number of carbonyl (C=O) groups is 1. The standard InChI is InChI=1S/C26H30FN3O5S/c1-16-5-3-4-6-17(8-7-16)21-11-10-19(13-20(21)15-28-36(2,33)34)25-29-24(30-35-25)18-9-12-22(26(31)32)23(27)14-18/h9-14,16-17,28H,3-8,15H2,1-2H3,(H,31,32). The van der Waals surface area contributed by atoms with Crippen LogP contribution in [-0.2, 0) is 16.6 Å². The molecule has 0 radical (unpaired) electrons. The number of sulfonamides is 1. The van der Waals surface area contributed by atoms with E-state index >= 15 is 0 Å². The lowest BCUT2D eigenvalue weighted by atomic mass is 9.81. The number of hydrogen-bond donors (Lipinski definition) is 2. The van der Waals surface area contributed by atoms with Crippen molar-refractivity contribution in [2.45, 2.75) is 57.9 Å². The van der Waals surface area contributed by atoms with Crippen molar-refractivity contribution in [2.24, 2.45) is 5.92 Å². The van der Waals surface area contributed by atoms with Gasteiger partial charge in [0.1, 0.15) is 5.82 Å². The SMILES string of the molecule is CC1CCCCC(c2ccc(-c3nc(-c4ccc(C(=O)O)c(F)c4)no3)cc2CNS(C)(=O)=O)CC1. The fourth-order valence-corrected chi connectivity index (χ4v) is 5.17. The highest BCUT2D eigenvalue weighted by molar-refractivity contribution is 7.88. The van der Waals surface area contributed by atoms with Crippen molar-refractivity contribution in [1.29, 1.82) is 0 Å². The zero-order valence-electron chi connectivity index (χ0n) is 20.3. The summed E-state index contributed by atoms with van der Waals surface area (Å²) in [5.41, 5.74) is 2.43. The van der Waals surface area contributed by atoms with Gasteiger partial charge >= 0.3 is 5.97 Å². The van der Waals surface area contributed by atoms with Crippen molar-refractivity contribution >= 4 is 16.0 Å². The van der Waals surface area contributed by atoms with Crippen LogP contribution in [0.4, 0.5) is 4.39 Å². The summed E-state index contributed by atoms with van der Waals surface area (Å²) in [6.45, 7) is 2.43. The zero-order chi connectivity index (χ0) is 25.9. The minimum atomic E-state index is -3.39. The van der Waals surface area contributed by atoms with E-state index < -0.39 is 27.4 Å². The first-order chi connectivity index (χ1) is 17.1. The number of nitrogens with zero attached hydrogens (tertiary/aromatic N) is 2. The van der Waals surface area contributed by atoms with E-state index in [2.05, 4.69) is 21.8 Å². The zero-order valence-corrected chi connectivity index (χ0v) is 21.1. The number of benzene rings is 2. The Labute approximate surface area is 210 Å². The van der Waals surface area contributed by atoms with E-state index in [0.29, 0.717) is 17.4 Å². The summed E-state index contributed by atoms with van der Waals surface area (Å²) in [6, 6.07) is 9.38. The lowest BCUT2D eigenvalue weighted by molar-refractivity contribution is 0.0692. The van der Waals surface area contributed by atoms with Gasteiger partial charge in [0.15, 0.2) is 0 Å². The summed E-state index contributed by atoms with van der Waals surface area (Å²) >= 11 is 0. The van der Waals surface area contributed by atoms with Crippen molar-refractivity contribution in [3.63, 3.8) is 0 Å². The fraction of sp³-hybridized carbons (Fsp3) is 0.423. The second-order valence-electron chi connectivity index (χ2n) is 9.59. The Bertz CT molecular complexity index is 1360. The molecule has 0 spiro atoms. The average molecular weight is 516 g/mol. The number of nitrogens with one attached hydrogen (secondary N) is 1. The van der Waals surface area contributed by atoms with Crippen LogP contribution in [0.2, 0.25) is 0 Å². The number of aromatic nitrogens is 2. The second kappa shape index (κ2) is 10.9. The number of hydrogen-bond acceptors (Lipinski definition) is 6. The van der Waals surface area contributed by atoms with Gasteiger partial charge in [-0.2, -0.15) is 4.98 Å². The molecule has 0 saturated heterocycles. The number of rotatable bonds is 7. The average Bonchev–Trinajstić information content (AvgIpc) is 3.30. The van der Waals surface area contributed by atoms with Gasteiger partial charge in [0.05, 0.1) is 11.8 Å². The highest BCUT2D eigenvalue weighted by Gasteiger charge is 2.21.